The first-order valence-corrected chi connectivity index (χ1v) is 15.6. The zero-order valence-electron chi connectivity index (χ0n) is 22.6. The quantitative estimate of drug-likeness (QED) is 0.0874. The summed E-state index contributed by atoms with van der Waals surface area (Å²) < 4.78 is 5.72. The average molecular weight is 623 g/mol. The fraction of sp³-hybridized carbons (Fsp3) is 0.242. The van der Waals surface area contributed by atoms with Crippen molar-refractivity contribution in [3.8, 4) is 11.5 Å². The van der Waals surface area contributed by atoms with Crippen LogP contribution in [0.25, 0.3) is 0 Å². The standard InChI is InChI=1S/C33H36NO4P.BrH/c35-32-26-27(22-23-31(32)33(36)34-37)38-24-14-3-1-2-4-15-25-39(28-16-8-5-9-17-28,29-18-10-6-11-19-29)30-20-12-7-13-21-30;/h5-13,16-23,26H,1-4,14-15,24-25H2,(H2-,34,35,36,37);1H. The number of carbonyl (C=O) groups excluding carboxylic acids is 1. The fourth-order valence-corrected chi connectivity index (χ4v) is 9.49. The Bertz CT molecular complexity index is 1210. The number of benzene rings is 4. The maximum absolute atomic E-state index is 11.5. The van der Waals surface area contributed by atoms with Crippen LogP contribution in [0.15, 0.2) is 109 Å². The van der Waals surface area contributed by atoms with Gasteiger partial charge in [-0.15, -0.1) is 0 Å². The number of unbranched alkanes of at least 4 members (excludes halogenated alkanes) is 5. The topological polar surface area (TPSA) is 78.8 Å². The van der Waals surface area contributed by atoms with Crippen LogP contribution in [0.5, 0.6) is 11.5 Å². The molecule has 0 spiro atoms. The van der Waals surface area contributed by atoms with Gasteiger partial charge in [-0.3, -0.25) is 10.0 Å². The molecule has 3 N–H and O–H groups in total. The summed E-state index contributed by atoms with van der Waals surface area (Å²) in [6.45, 7) is 0.551. The van der Waals surface area contributed by atoms with Gasteiger partial charge < -0.3 is 26.8 Å². The molecule has 5 nitrogen and oxygen atoms in total. The monoisotopic (exact) mass is 621 g/mol. The molecule has 0 aliphatic rings. The van der Waals surface area contributed by atoms with E-state index in [1.165, 1.54) is 52.8 Å². The summed E-state index contributed by atoms with van der Waals surface area (Å²) in [5, 5.41) is 23.0. The molecule has 1 amide bonds. The zero-order chi connectivity index (χ0) is 27.3. The van der Waals surface area contributed by atoms with Gasteiger partial charge in [-0.25, -0.2) is 5.48 Å². The molecule has 4 aromatic rings. The third-order valence-corrected chi connectivity index (χ3v) is 11.6. The lowest BCUT2D eigenvalue weighted by Gasteiger charge is -2.27. The molecule has 0 unspecified atom stereocenters. The van der Waals surface area contributed by atoms with Gasteiger partial charge in [-0.2, -0.15) is 0 Å². The van der Waals surface area contributed by atoms with Gasteiger partial charge in [0.1, 0.15) is 34.7 Å². The molecule has 0 aromatic heterocycles. The summed E-state index contributed by atoms with van der Waals surface area (Å²) >= 11 is 0. The number of rotatable bonds is 14. The predicted molar refractivity (Wildman–Crippen MR) is 161 cm³/mol. The average Bonchev–Trinajstić information content (AvgIpc) is 2.99. The Morgan fingerprint density at radius 2 is 1.15 bits per heavy atom. The number of carbonyl (C=O) groups is 1. The number of hydrogen-bond donors (Lipinski definition) is 3. The summed E-state index contributed by atoms with van der Waals surface area (Å²) in [6.07, 6.45) is 7.86. The first-order chi connectivity index (χ1) is 19.1. The molecule has 40 heavy (non-hydrogen) atoms. The minimum atomic E-state index is -1.75. The second-order valence-electron chi connectivity index (χ2n) is 9.63. The van der Waals surface area contributed by atoms with Gasteiger partial charge in [-0.05, 0) is 67.8 Å². The highest BCUT2D eigenvalue weighted by Crippen LogP contribution is 2.56. The molecule has 4 rings (SSSR count). The van der Waals surface area contributed by atoms with Crippen LogP contribution in [0, 0.1) is 0 Å². The van der Waals surface area contributed by atoms with E-state index in [4.69, 9.17) is 9.94 Å². The molecule has 0 saturated heterocycles. The third kappa shape index (κ3) is 7.94. The lowest BCUT2D eigenvalue weighted by molar-refractivity contribution is -0.0000179. The van der Waals surface area contributed by atoms with Gasteiger partial charge in [0.05, 0.1) is 18.3 Å². The lowest BCUT2D eigenvalue weighted by atomic mass is 10.1. The highest BCUT2D eigenvalue weighted by atomic mass is 79.9. The second-order valence-corrected chi connectivity index (χ2v) is 13.2. The number of nitrogens with one attached hydrogen (secondary N) is 1. The second kappa shape index (κ2) is 16.2. The Morgan fingerprint density at radius 3 is 1.62 bits per heavy atom. The Morgan fingerprint density at radius 1 is 0.675 bits per heavy atom. The minimum Gasteiger partial charge on any atom is -1.00 e. The normalized spacial score (nSPS) is 10.9. The van der Waals surface area contributed by atoms with E-state index in [0.29, 0.717) is 12.4 Å². The SMILES string of the molecule is O=C(NO)c1ccc(OCCCCCCCC[P+](c2ccccc2)(c2ccccc2)c2ccccc2)cc1O.[Br-]. The zero-order valence-corrected chi connectivity index (χ0v) is 25.1. The molecule has 0 saturated carbocycles. The van der Waals surface area contributed by atoms with E-state index in [1.807, 2.05) is 0 Å². The highest BCUT2D eigenvalue weighted by molar-refractivity contribution is 7.95. The van der Waals surface area contributed by atoms with Crippen molar-refractivity contribution in [1.82, 2.24) is 5.48 Å². The molecule has 0 fully saturated rings. The summed E-state index contributed by atoms with van der Waals surface area (Å²) in [5.74, 6) is -0.473. The van der Waals surface area contributed by atoms with E-state index in [2.05, 4.69) is 91.0 Å². The maximum atomic E-state index is 11.5. The molecule has 0 aliphatic heterocycles. The lowest BCUT2D eigenvalue weighted by Crippen LogP contribution is -3.00. The van der Waals surface area contributed by atoms with Crippen LogP contribution < -0.4 is 43.1 Å². The molecule has 0 heterocycles. The van der Waals surface area contributed by atoms with E-state index in [0.717, 1.165) is 25.4 Å². The first-order valence-electron chi connectivity index (χ1n) is 13.6. The van der Waals surface area contributed by atoms with Crippen molar-refractivity contribution in [2.45, 2.75) is 38.5 Å². The number of phenolic OH excluding ortho intramolecular Hbond substituents is 1. The van der Waals surface area contributed by atoms with Crippen molar-refractivity contribution in [2.75, 3.05) is 12.8 Å². The summed E-state index contributed by atoms with van der Waals surface area (Å²) in [5.41, 5.74) is 1.52. The number of phenols is 1. The molecule has 4 aromatic carbocycles. The Hall–Kier alpha value is -3.18. The van der Waals surface area contributed by atoms with Crippen molar-refractivity contribution in [3.05, 3.63) is 115 Å². The van der Waals surface area contributed by atoms with Gasteiger partial charge in [0.2, 0.25) is 0 Å². The number of halogens is 1. The van der Waals surface area contributed by atoms with E-state index in [9.17, 15) is 9.90 Å². The van der Waals surface area contributed by atoms with E-state index in [1.54, 1.807) is 6.07 Å². The van der Waals surface area contributed by atoms with E-state index < -0.39 is 13.2 Å². The van der Waals surface area contributed by atoms with Crippen LogP contribution >= 0.6 is 7.26 Å². The molecular formula is C33H37BrNO4P. The highest BCUT2D eigenvalue weighted by Gasteiger charge is 2.44. The Balaban J connectivity index is 0.00000441. The van der Waals surface area contributed by atoms with Crippen molar-refractivity contribution in [3.63, 3.8) is 0 Å². The van der Waals surface area contributed by atoms with Gasteiger partial charge >= 0.3 is 0 Å². The van der Waals surface area contributed by atoms with Crippen molar-refractivity contribution in [1.29, 1.82) is 0 Å². The Labute approximate surface area is 248 Å². The molecule has 0 aliphatic carbocycles. The molecule has 7 heteroatoms. The molecule has 0 radical (unpaired) electrons. The van der Waals surface area contributed by atoms with Crippen molar-refractivity contribution in [2.24, 2.45) is 0 Å². The summed E-state index contributed by atoms with van der Waals surface area (Å²) in [4.78, 5) is 11.5. The number of hydroxylamine groups is 1. The first kappa shape index (κ1) is 31.3. The van der Waals surface area contributed by atoms with Crippen LogP contribution in [0.1, 0.15) is 48.9 Å². The van der Waals surface area contributed by atoms with Gasteiger partial charge in [-0.1, -0.05) is 73.9 Å². The van der Waals surface area contributed by atoms with Crippen LogP contribution in [0.3, 0.4) is 0 Å². The van der Waals surface area contributed by atoms with Gasteiger partial charge in [0, 0.05) is 6.07 Å². The molecule has 0 atom stereocenters. The largest absolute Gasteiger partial charge is 1.00 e. The van der Waals surface area contributed by atoms with Crippen LogP contribution in [-0.2, 0) is 0 Å². The van der Waals surface area contributed by atoms with E-state index in [-0.39, 0.29) is 28.3 Å². The van der Waals surface area contributed by atoms with Crippen LogP contribution in [0.4, 0.5) is 0 Å². The molecule has 0 bridgehead atoms. The summed E-state index contributed by atoms with van der Waals surface area (Å²) in [7, 11) is -1.75. The smallest absolute Gasteiger partial charge is 0.278 e. The molecular weight excluding hydrogens is 585 g/mol. The number of hydrogen-bond acceptors (Lipinski definition) is 4. The third-order valence-electron chi connectivity index (χ3n) is 7.06. The summed E-state index contributed by atoms with van der Waals surface area (Å²) in [6, 6.07) is 37.6. The van der Waals surface area contributed by atoms with E-state index >= 15 is 0 Å². The van der Waals surface area contributed by atoms with Crippen LogP contribution in [0.2, 0.25) is 0 Å². The van der Waals surface area contributed by atoms with Crippen LogP contribution in [-0.4, -0.2) is 29.0 Å². The fourth-order valence-electron chi connectivity index (χ4n) is 5.08. The van der Waals surface area contributed by atoms with Gasteiger partial charge in [0.15, 0.2) is 0 Å². The van der Waals surface area contributed by atoms with Crippen molar-refractivity contribution >= 4 is 29.1 Å². The number of aromatic hydroxyl groups is 1. The molecule has 210 valence electrons. The minimum absolute atomic E-state index is 0. The maximum Gasteiger partial charge on any atom is 0.278 e. The number of ether oxygens (including phenoxy) is 1. The van der Waals surface area contributed by atoms with Crippen molar-refractivity contribution < 1.29 is 36.8 Å². The van der Waals surface area contributed by atoms with Gasteiger partial charge in [0.25, 0.3) is 5.91 Å². The predicted octanol–water partition coefficient (Wildman–Crippen LogP) is 3.23. The Kier molecular flexibility index (Phi) is 12.7. The number of amides is 1.